The Morgan fingerprint density at radius 3 is 2.61 bits per heavy atom. The summed E-state index contributed by atoms with van der Waals surface area (Å²) in [5.41, 5.74) is 0. The van der Waals surface area contributed by atoms with Crippen molar-refractivity contribution in [3.8, 4) is 0 Å². The van der Waals surface area contributed by atoms with Crippen molar-refractivity contribution in [2.75, 3.05) is 13.1 Å². The Balaban J connectivity index is 2.84. The fraction of sp³-hybridized carbons (Fsp3) is 0.455. The van der Waals surface area contributed by atoms with Crippen molar-refractivity contribution in [3.05, 3.63) is 28.2 Å². The van der Waals surface area contributed by atoms with E-state index in [2.05, 4.69) is 10.0 Å². The molecule has 0 aliphatic heterocycles. The highest BCUT2D eigenvalue weighted by atomic mass is 35.5. The third-order valence-electron chi connectivity index (χ3n) is 2.34. The van der Waals surface area contributed by atoms with Crippen LogP contribution >= 0.6 is 23.2 Å². The summed E-state index contributed by atoms with van der Waals surface area (Å²) in [7, 11) is -3.63. The minimum atomic E-state index is -3.63. The van der Waals surface area contributed by atoms with Crippen LogP contribution < -0.4 is 10.0 Å². The molecule has 0 amide bonds. The lowest BCUT2D eigenvalue weighted by Gasteiger charge is -2.14. The second-order valence-electron chi connectivity index (χ2n) is 3.86. The van der Waals surface area contributed by atoms with Crippen LogP contribution in [0.3, 0.4) is 0 Å². The average Bonchev–Trinajstić information content (AvgIpc) is 2.30. The minimum Gasteiger partial charge on any atom is -0.313 e. The molecule has 0 aromatic heterocycles. The van der Waals surface area contributed by atoms with Gasteiger partial charge in [0, 0.05) is 12.6 Å². The predicted molar refractivity (Wildman–Crippen MR) is 74.8 cm³/mol. The van der Waals surface area contributed by atoms with Crippen LogP contribution in [0.25, 0.3) is 0 Å². The van der Waals surface area contributed by atoms with E-state index in [-0.39, 0.29) is 21.0 Å². The predicted octanol–water partition coefficient (Wildman–Crippen LogP) is 2.27. The SMILES string of the molecule is CCN[C@H](C)CNS(=O)(=O)c1cccc(Cl)c1Cl. The van der Waals surface area contributed by atoms with Crippen LogP contribution in [-0.4, -0.2) is 27.5 Å². The van der Waals surface area contributed by atoms with Gasteiger partial charge in [0.1, 0.15) is 4.90 Å². The van der Waals surface area contributed by atoms with E-state index in [1.54, 1.807) is 12.1 Å². The molecule has 0 aliphatic carbocycles. The summed E-state index contributed by atoms with van der Waals surface area (Å²) < 4.78 is 26.6. The van der Waals surface area contributed by atoms with Crippen LogP contribution in [0.15, 0.2) is 23.1 Å². The fourth-order valence-electron chi connectivity index (χ4n) is 1.42. The Bertz CT molecular complexity index is 506. The first-order valence-corrected chi connectivity index (χ1v) is 7.79. The number of halogens is 2. The number of sulfonamides is 1. The molecule has 0 heterocycles. The van der Waals surface area contributed by atoms with Crippen molar-refractivity contribution in [1.82, 2.24) is 10.0 Å². The van der Waals surface area contributed by atoms with Crippen LogP contribution in [-0.2, 0) is 10.0 Å². The van der Waals surface area contributed by atoms with Crippen LogP contribution in [0.5, 0.6) is 0 Å². The van der Waals surface area contributed by atoms with Gasteiger partial charge in [0.25, 0.3) is 0 Å². The number of hydrogen-bond donors (Lipinski definition) is 2. The zero-order valence-corrected chi connectivity index (χ0v) is 12.5. The molecule has 1 aromatic carbocycles. The van der Waals surface area contributed by atoms with E-state index in [1.165, 1.54) is 6.07 Å². The van der Waals surface area contributed by atoms with Gasteiger partial charge in [-0.25, -0.2) is 13.1 Å². The Hall–Kier alpha value is -0.330. The number of hydrogen-bond acceptors (Lipinski definition) is 3. The van der Waals surface area contributed by atoms with Crippen molar-refractivity contribution >= 4 is 33.2 Å². The van der Waals surface area contributed by atoms with E-state index in [0.29, 0.717) is 6.54 Å². The van der Waals surface area contributed by atoms with Crippen molar-refractivity contribution in [1.29, 1.82) is 0 Å². The lowest BCUT2D eigenvalue weighted by atomic mass is 10.3. The van der Waals surface area contributed by atoms with Crippen LogP contribution in [0.1, 0.15) is 13.8 Å². The van der Waals surface area contributed by atoms with Gasteiger partial charge in [0.2, 0.25) is 10.0 Å². The quantitative estimate of drug-likeness (QED) is 0.847. The molecular weight excluding hydrogens is 295 g/mol. The van der Waals surface area contributed by atoms with Gasteiger partial charge in [-0.2, -0.15) is 0 Å². The molecule has 0 saturated heterocycles. The third-order valence-corrected chi connectivity index (χ3v) is 4.73. The molecule has 0 radical (unpaired) electrons. The van der Waals surface area contributed by atoms with Gasteiger partial charge in [0.15, 0.2) is 0 Å². The normalized spacial score (nSPS) is 13.6. The van der Waals surface area contributed by atoms with Crippen molar-refractivity contribution < 1.29 is 8.42 Å². The number of likely N-dealkylation sites (N-methyl/N-ethyl adjacent to an activating group) is 1. The Kier molecular flexibility index (Phi) is 5.88. The zero-order chi connectivity index (χ0) is 13.8. The first-order chi connectivity index (χ1) is 8.38. The van der Waals surface area contributed by atoms with E-state index in [0.717, 1.165) is 6.54 Å². The van der Waals surface area contributed by atoms with Crippen molar-refractivity contribution in [2.45, 2.75) is 24.8 Å². The summed E-state index contributed by atoms with van der Waals surface area (Å²) in [5, 5.41) is 3.38. The largest absolute Gasteiger partial charge is 0.313 e. The van der Waals surface area contributed by atoms with E-state index >= 15 is 0 Å². The molecule has 0 fully saturated rings. The average molecular weight is 311 g/mol. The molecule has 0 spiro atoms. The van der Waals surface area contributed by atoms with Crippen LogP contribution in [0.2, 0.25) is 10.0 Å². The molecule has 102 valence electrons. The molecule has 0 unspecified atom stereocenters. The molecule has 0 aliphatic rings. The monoisotopic (exact) mass is 310 g/mol. The molecule has 1 rings (SSSR count). The van der Waals surface area contributed by atoms with Gasteiger partial charge < -0.3 is 5.32 Å². The highest BCUT2D eigenvalue weighted by molar-refractivity contribution is 7.89. The van der Waals surface area contributed by atoms with Gasteiger partial charge in [-0.15, -0.1) is 0 Å². The molecule has 18 heavy (non-hydrogen) atoms. The fourth-order valence-corrected chi connectivity index (χ4v) is 3.31. The third kappa shape index (κ3) is 4.10. The number of rotatable bonds is 6. The summed E-state index contributed by atoms with van der Waals surface area (Å²) in [4.78, 5) is 0.000338. The van der Waals surface area contributed by atoms with Gasteiger partial charge >= 0.3 is 0 Å². The zero-order valence-electron chi connectivity index (χ0n) is 10.2. The second kappa shape index (κ2) is 6.73. The summed E-state index contributed by atoms with van der Waals surface area (Å²) in [5.74, 6) is 0. The molecular formula is C11H16Cl2N2O2S. The molecule has 0 bridgehead atoms. The van der Waals surface area contributed by atoms with Crippen molar-refractivity contribution in [3.63, 3.8) is 0 Å². The van der Waals surface area contributed by atoms with E-state index in [4.69, 9.17) is 23.2 Å². The molecule has 0 saturated carbocycles. The standard InChI is InChI=1S/C11H16Cl2N2O2S/c1-3-14-8(2)7-15-18(16,17)10-6-4-5-9(12)11(10)13/h4-6,8,14-15H,3,7H2,1-2H3/t8-/m1/s1. The second-order valence-corrected chi connectivity index (χ2v) is 6.38. The Morgan fingerprint density at radius 2 is 2.00 bits per heavy atom. The maximum Gasteiger partial charge on any atom is 0.242 e. The lowest BCUT2D eigenvalue weighted by Crippen LogP contribution is -2.38. The van der Waals surface area contributed by atoms with E-state index in [1.807, 2.05) is 13.8 Å². The van der Waals surface area contributed by atoms with E-state index in [9.17, 15) is 8.42 Å². The topological polar surface area (TPSA) is 58.2 Å². The van der Waals surface area contributed by atoms with Gasteiger partial charge in [0.05, 0.1) is 10.0 Å². The Morgan fingerprint density at radius 1 is 1.33 bits per heavy atom. The maximum atomic E-state index is 12.0. The number of nitrogens with one attached hydrogen (secondary N) is 2. The minimum absolute atomic E-state index is 0.000338. The van der Waals surface area contributed by atoms with Crippen LogP contribution in [0.4, 0.5) is 0 Å². The smallest absolute Gasteiger partial charge is 0.242 e. The van der Waals surface area contributed by atoms with Gasteiger partial charge in [-0.3, -0.25) is 0 Å². The summed E-state index contributed by atoms with van der Waals surface area (Å²) in [6.45, 7) is 4.92. The molecule has 7 heteroatoms. The first kappa shape index (κ1) is 15.7. The maximum absolute atomic E-state index is 12.0. The van der Waals surface area contributed by atoms with E-state index < -0.39 is 10.0 Å². The van der Waals surface area contributed by atoms with Crippen LogP contribution in [0, 0.1) is 0 Å². The van der Waals surface area contributed by atoms with Gasteiger partial charge in [-0.1, -0.05) is 36.2 Å². The summed E-state index contributed by atoms with van der Waals surface area (Å²) in [6, 6.07) is 4.57. The summed E-state index contributed by atoms with van der Waals surface area (Å²) >= 11 is 11.7. The van der Waals surface area contributed by atoms with Crippen molar-refractivity contribution in [2.24, 2.45) is 0 Å². The highest BCUT2D eigenvalue weighted by Gasteiger charge is 2.19. The number of benzene rings is 1. The van der Waals surface area contributed by atoms with Gasteiger partial charge in [-0.05, 0) is 25.6 Å². The first-order valence-electron chi connectivity index (χ1n) is 5.55. The molecule has 1 aromatic rings. The lowest BCUT2D eigenvalue weighted by molar-refractivity contribution is 0.536. The molecule has 1 atom stereocenters. The Labute approximate surface area is 118 Å². The molecule has 2 N–H and O–H groups in total. The summed E-state index contributed by atoms with van der Waals surface area (Å²) in [6.07, 6.45) is 0. The highest BCUT2D eigenvalue weighted by Crippen LogP contribution is 2.28. The molecule has 4 nitrogen and oxygen atoms in total.